The van der Waals surface area contributed by atoms with Crippen molar-refractivity contribution in [2.45, 2.75) is 0 Å². The van der Waals surface area contributed by atoms with E-state index in [9.17, 15) is 19.2 Å². The minimum Gasteiger partial charge on any atom is -0.481 e. The van der Waals surface area contributed by atoms with Crippen LogP contribution in [0.25, 0.3) is 0 Å². The summed E-state index contributed by atoms with van der Waals surface area (Å²) in [5, 5.41) is 34.6. The Bertz CT molecular complexity index is 294. The van der Waals surface area contributed by atoms with Crippen LogP contribution in [0, 0.1) is 23.7 Å². The monoisotopic (exact) mass is 268 g/mol. The van der Waals surface area contributed by atoms with Crippen LogP contribution in [-0.4, -0.2) is 55.3 Å². The third-order valence-electron chi connectivity index (χ3n) is 2.69. The number of hydrogen-bond acceptors (Lipinski definition) is 4. The van der Waals surface area contributed by atoms with E-state index in [1.54, 1.807) is 0 Å². The molecule has 0 heterocycles. The standard InChI is InChI=1S/C8H8O8.2H2O/c9-5(10)1-2(6(11)12)4(8(15)16)3(1)7(13)14;;/h1-4H,(H,9,10)(H,11,12)(H,13,14)(H,15,16);2*1H2. The zero-order valence-corrected chi connectivity index (χ0v) is 8.73. The van der Waals surface area contributed by atoms with Crippen LogP contribution in [0.3, 0.4) is 0 Å². The molecule has 0 atom stereocenters. The van der Waals surface area contributed by atoms with Gasteiger partial charge in [-0.2, -0.15) is 0 Å². The predicted octanol–water partition coefficient (Wildman–Crippen LogP) is -2.85. The molecule has 0 aliphatic heterocycles. The number of hydrogen-bond donors (Lipinski definition) is 4. The van der Waals surface area contributed by atoms with Crippen LogP contribution in [0.15, 0.2) is 0 Å². The lowest BCUT2D eigenvalue weighted by Gasteiger charge is -2.42. The Morgan fingerprint density at radius 3 is 0.667 bits per heavy atom. The molecule has 18 heavy (non-hydrogen) atoms. The van der Waals surface area contributed by atoms with Crippen molar-refractivity contribution in [2.24, 2.45) is 23.7 Å². The molecular weight excluding hydrogens is 256 g/mol. The Morgan fingerprint density at radius 2 is 0.611 bits per heavy atom. The number of aliphatic carboxylic acids is 4. The van der Waals surface area contributed by atoms with Gasteiger partial charge in [-0.25, -0.2) is 0 Å². The molecule has 8 N–H and O–H groups in total. The van der Waals surface area contributed by atoms with Crippen LogP contribution < -0.4 is 0 Å². The van der Waals surface area contributed by atoms with Crippen LogP contribution >= 0.6 is 0 Å². The molecule has 1 rings (SSSR count). The normalized spacial score (nSPS) is 28.9. The maximum absolute atomic E-state index is 10.7. The highest BCUT2D eigenvalue weighted by molar-refractivity contribution is 5.95. The van der Waals surface area contributed by atoms with Crippen molar-refractivity contribution in [2.75, 3.05) is 0 Å². The van der Waals surface area contributed by atoms with Crippen molar-refractivity contribution in [1.29, 1.82) is 0 Å². The maximum Gasteiger partial charge on any atom is 0.308 e. The van der Waals surface area contributed by atoms with E-state index < -0.39 is 47.5 Å². The van der Waals surface area contributed by atoms with Gasteiger partial charge in [-0.3, -0.25) is 19.2 Å². The van der Waals surface area contributed by atoms with Crippen molar-refractivity contribution in [1.82, 2.24) is 0 Å². The van der Waals surface area contributed by atoms with Gasteiger partial charge in [-0.1, -0.05) is 0 Å². The maximum atomic E-state index is 10.7. The van der Waals surface area contributed by atoms with Gasteiger partial charge >= 0.3 is 23.9 Å². The average Bonchev–Trinajstić information content (AvgIpc) is 1.97. The van der Waals surface area contributed by atoms with Crippen molar-refractivity contribution in [3.05, 3.63) is 0 Å². The second-order valence-electron chi connectivity index (χ2n) is 3.46. The first-order valence-corrected chi connectivity index (χ1v) is 4.20. The van der Waals surface area contributed by atoms with Gasteiger partial charge in [0.25, 0.3) is 0 Å². The largest absolute Gasteiger partial charge is 0.481 e. The quantitative estimate of drug-likeness (QED) is 0.415. The number of carboxylic acids is 4. The van der Waals surface area contributed by atoms with Crippen LogP contribution in [0.2, 0.25) is 0 Å². The van der Waals surface area contributed by atoms with E-state index in [1.165, 1.54) is 0 Å². The Kier molecular flexibility index (Phi) is 5.99. The molecule has 0 bridgehead atoms. The van der Waals surface area contributed by atoms with E-state index in [4.69, 9.17) is 20.4 Å². The molecule has 0 aromatic carbocycles. The first kappa shape index (κ1) is 18.2. The Balaban J connectivity index is 0. The fraction of sp³-hybridized carbons (Fsp3) is 0.500. The molecule has 1 fully saturated rings. The minimum absolute atomic E-state index is 0. The highest BCUT2D eigenvalue weighted by Crippen LogP contribution is 2.46. The molecule has 0 amide bonds. The zero-order valence-electron chi connectivity index (χ0n) is 8.73. The Labute approximate surface area is 99.1 Å². The summed E-state index contributed by atoms with van der Waals surface area (Å²) in [6.45, 7) is 0. The van der Waals surface area contributed by atoms with Crippen molar-refractivity contribution in [3.63, 3.8) is 0 Å². The van der Waals surface area contributed by atoms with Crippen LogP contribution in [0.1, 0.15) is 0 Å². The van der Waals surface area contributed by atoms with E-state index in [-0.39, 0.29) is 11.0 Å². The van der Waals surface area contributed by atoms with Crippen LogP contribution in [0.5, 0.6) is 0 Å². The van der Waals surface area contributed by atoms with Gasteiger partial charge in [0.2, 0.25) is 0 Å². The highest BCUT2D eigenvalue weighted by atomic mass is 16.4. The first-order chi connectivity index (χ1) is 7.29. The molecule has 1 aliphatic carbocycles. The third kappa shape index (κ3) is 2.55. The number of rotatable bonds is 4. The van der Waals surface area contributed by atoms with Gasteiger partial charge in [0.05, 0.1) is 23.7 Å². The number of carbonyl (C=O) groups is 4. The van der Waals surface area contributed by atoms with Gasteiger partial charge in [-0.15, -0.1) is 0 Å². The molecule has 10 heteroatoms. The van der Waals surface area contributed by atoms with Gasteiger partial charge in [0.15, 0.2) is 0 Å². The molecule has 0 saturated heterocycles. The lowest BCUT2D eigenvalue weighted by atomic mass is 9.56. The fourth-order valence-corrected chi connectivity index (χ4v) is 1.98. The van der Waals surface area contributed by atoms with Gasteiger partial charge in [0.1, 0.15) is 0 Å². The summed E-state index contributed by atoms with van der Waals surface area (Å²) in [7, 11) is 0. The van der Waals surface area contributed by atoms with E-state index in [2.05, 4.69) is 0 Å². The molecule has 104 valence electrons. The molecule has 10 nitrogen and oxygen atoms in total. The molecule has 0 aromatic heterocycles. The second-order valence-corrected chi connectivity index (χ2v) is 3.46. The molecule has 1 saturated carbocycles. The molecule has 0 radical (unpaired) electrons. The van der Waals surface area contributed by atoms with Crippen molar-refractivity contribution < 1.29 is 50.6 Å². The second kappa shape index (κ2) is 5.93. The predicted molar refractivity (Wildman–Crippen MR) is 51.7 cm³/mol. The van der Waals surface area contributed by atoms with E-state index in [1.807, 2.05) is 0 Å². The van der Waals surface area contributed by atoms with Crippen LogP contribution in [-0.2, 0) is 19.2 Å². The lowest BCUT2D eigenvalue weighted by Crippen LogP contribution is -2.59. The minimum atomic E-state index is -1.70. The summed E-state index contributed by atoms with van der Waals surface area (Å²) in [5.41, 5.74) is 0. The molecule has 0 unspecified atom stereocenters. The fourth-order valence-electron chi connectivity index (χ4n) is 1.98. The highest BCUT2D eigenvalue weighted by Gasteiger charge is 2.64. The molecule has 0 spiro atoms. The van der Waals surface area contributed by atoms with Gasteiger partial charge in [-0.05, 0) is 0 Å². The summed E-state index contributed by atoms with van der Waals surface area (Å²) in [5.74, 6) is -13.2. The number of carboxylic acid groups (broad SMARTS) is 4. The summed E-state index contributed by atoms with van der Waals surface area (Å²) >= 11 is 0. The molecule has 1 aliphatic rings. The Hall–Kier alpha value is -2.20. The van der Waals surface area contributed by atoms with Gasteiger partial charge < -0.3 is 31.4 Å². The zero-order chi connectivity index (χ0) is 12.6. The lowest BCUT2D eigenvalue weighted by molar-refractivity contribution is -0.191. The van der Waals surface area contributed by atoms with Gasteiger partial charge in [0, 0.05) is 0 Å². The van der Waals surface area contributed by atoms with Crippen molar-refractivity contribution in [3.8, 4) is 0 Å². The Morgan fingerprint density at radius 1 is 0.500 bits per heavy atom. The summed E-state index contributed by atoms with van der Waals surface area (Å²) in [4.78, 5) is 42.6. The van der Waals surface area contributed by atoms with E-state index in [0.717, 1.165) is 0 Å². The SMILES string of the molecule is O.O.O=C(O)C1C(C(=O)O)C(C(=O)O)C1C(=O)O. The van der Waals surface area contributed by atoms with E-state index in [0.29, 0.717) is 0 Å². The smallest absolute Gasteiger partial charge is 0.308 e. The average molecular weight is 268 g/mol. The molecular formula is C8H12O10. The summed E-state index contributed by atoms with van der Waals surface area (Å²) in [6.07, 6.45) is 0. The van der Waals surface area contributed by atoms with Crippen LogP contribution in [0.4, 0.5) is 0 Å². The topological polar surface area (TPSA) is 212 Å². The first-order valence-electron chi connectivity index (χ1n) is 4.20. The van der Waals surface area contributed by atoms with E-state index >= 15 is 0 Å². The molecule has 0 aromatic rings. The third-order valence-corrected chi connectivity index (χ3v) is 2.69. The summed E-state index contributed by atoms with van der Waals surface area (Å²) in [6, 6.07) is 0. The summed E-state index contributed by atoms with van der Waals surface area (Å²) < 4.78 is 0. The van der Waals surface area contributed by atoms with Crippen molar-refractivity contribution >= 4 is 23.9 Å².